The van der Waals surface area contributed by atoms with Gasteiger partial charge in [-0.3, -0.25) is 4.40 Å². The summed E-state index contributed by atoms with van der Waals surface area (Å²) in [6, 6.07) is 3.87. The molecule has 0 spiro atoms. The lowest BCUT2D eigenvalue weighted by molar-refractivity contribution is 1.17. The zero-order valence-electron chi connectivity index (χ0n) is 5.66. The van der Waals surface area contributed by atoms with E-state index in [0.29, 0.717) is 5.95 Å². The maximum atomic E-state index is 5.58. The van der Waals surface area contributed by atoms with E-state index in [1.54, 1.807) is 6.20 Å². The predicted octanol–water partition coefficient (Wildman–Crippen LogP) is 1.68. The van der Waals surface area contributed by atoms with Crippen molar-refractivity contribution in [2.45, 2.75) is 0 Å². The van der Waals surface area contributed by atoms with Gasteiger partial charge in [0.05, 0.1) is 11.7 Å². The molecular formula is C7H6BrN3. The molecule has 0 saturated carbocycles. The number of imidazole rings is 1. The van der Waals surface area contributed by atoms with Crippen molar-refractivity contribution in [3.05, 3.63) is 29.0 Å². The van der Waals surface area contributed by atoms with Gasteiger partial charge in [0, 0.05) is 10.7 Å². The van der Waals surface area contributed by atoms with Gasteiger partial charge in [-0.25, -0.2) is 4.98 Å². The normalized spacial score (nSPS) is 10.6. The average molecular weight is 212 g/mol. The quantitative estimate of drug-likeness (QED) is 0.721. The fourth-order valence-electron chi connectivity index (χ4n) is 1.01. The molecular weight excluding hydrogens is 206 g/mol. The maximum Gasteiger partial charge on any atom is 0.204 e. The summed E-state index contributed by atoms with van der Waals surface area (Å²) in [4.78, 5) is 3.97. The Labute approximate surface area is 72.0 Å². The van der Waals surface area contributed by atoms with Crippen LogP contribution in [0.5, 0.6) is 0 Å². The Morgan fingerprint density at radius 1 is 1.55 bits per heavy atom. The summed E-state index contributed by atoms with van der Waals surface area (Å²) in [6.45, 7) is 0. The number of rotatable bonds is 0. The minimum Gasteiger partial charge on any atom is -0.369 e. The highest BCUT2D eigenvalue weighted by Gasteiger charge is 2.00. The van der Waals surface area contributed by atoms with Crippen LogP contribution in [0.2, 0.25) is 0 Å². The molecule has 0 bridgehead atoms. The number of anilines is 1. The Balaban J connectivity index is 2.94. The highest BCUT2D eigenvalue weighted by molar-refractivity contribution is 9.10. The van der Waals surface area contributed by atoms with Crippen LogP contribution in [-0.2, 0) is 0 Å². The number of aromatic nitrogens is 2. The molecule has 0 aliphatic carbocycles. The summed E-state index contributed by atoms with van der Waals surface area (Å²) in [6.07, 6.45) is 3.61. The molecule has 2 rings (SSSR count). The van der Waals surface area contributed by atoms with E-state index in [0.717, 1.165) is 9.99 Å². The number of nitrogen functional groups attached to an aromatic ring is 1. The molecule has 0 saturated heterocycles. The smallest absolute Gasteiger partial charge is 0.204 e. The first-order valence-corrected chi connectivity index (χ1v) is 3.95. The minimum absolute atomic E-state index is 0.515. The summed E-state index contributed by atoms with van der Waals surface area (Å²) in [5.41, 5.74) is 6.57. The Bertz CT molecular complexity index is 393. The predicted molar refractivity (Wildman–Crippen MR) is 47.3 cm³/mol. The molecule has 4 heteroatoms. The lowest BCUT2D eigenvalue weighted by atomic mass is 10.4. The molecule has 0 atom stereocenters. The first kappa shape index (κ1) is 6.67. The molecule has 0 aliphatic heterocycles. The monoisotopic (exact) mass is 211 g/mol. The van der Waals surface area contributed by atoms with Crippen molar-refractivity contribution in [1.29, 1.82) is 0 Å². The first-order valence-electron chi connectivity index (χ1n) is 3.16. The molecule has 0 fully saturated rings. The Kier molecular flexibility index (Phi) is 1.35. The second-order valence-corrected chi connectivity index (χ2v) is 3.08. The van der Waals surface area contributed by atoms with Crippen molar-refractivity contribution in [3.8, 4) is 0 Å². The Morgan fingerprint density at radius 2 is 2.36 bits per heavy atom. The average Bonchev–Trinajstić information content (AvgIpc) is 2.35. The van der Waals surface area contributed by atoms with Crippen LogP contribution in [-0.4, -0.2) is 9.38 Å². The van der Waals surface area contributed by atoms with Crippen LogP contribution in [0.1, 0.15) is 0 Å². The summed E-state index contributed by atoms with van der Waals surface area (Å²) < 4.78 is 2.83. The number of pyridine rings is 1. The van der Waals surface area contributed by atoms with Crippen LogP contribution in [0.25, 0.3) is 5.52 Å². The molecule has 56 valence electrons. The van der Waals surface area contributed by atoms with Crippen LogP contribution in [0.3, 0.4) is 0 Å². The Hall–Kier alpha value is -1.03. The molecule has 11 heavy (non-hydrogen) atoms. The van der Waals surface area contributed by atoms with Crippen LogP contribution < -0.4 is 5.73 Å². The van der Waals surface area contributed by atoms with Gasteiger partial charge in [-0.2, -0.15) is 0 Å². The van der Waals surface area contributed by atoms with Crippen LogP contribution in [0.15, 0.2) is 29.0 Å². The number of hydrogen-bond donors (Lipinski definition) is 1. The molecule has 0 aliphatic rings. The number of fused-ring (bicyclic) bond motifs is 1. The van der Waals surface area contributed by atoms with E-state index in [2.05, 4.69) is 20.9 Å². The topological polar surface area (TPSA) is 43.3 Å². The van der Waals surface area contributed by atoms with Gasteiger partial charge < -0.3 is 5.73 Å². The van der Waals surface area contributed by atoms with Crippen LogP contribution >= 0.6 is 15.9 Å². The van der Waals surface area contributed by atoms with Gasteiger partial charge in [-0.1, -0.05) is 0 Å². The molecule has 3 nitrogen and oxygen atoms in total. The summed E-state index contributed by atoms with van der Waals surface area (Å²) in [7, 11) is 0. The highest BCUT2D eigenvalue weighted by atomic mass is 79.9. The van der Waals surface area contributed by atoms with Crippen molar-refractivity contribution in [2.24, 2.45) is 0 Å². The van der Waals surface area contributed by atoms with Crippen molar-refractivity contribution in [3.63, 3.8) is 0 Å². The lowest BCUT2D eigenvalue weighted by Crippen LogP contribution is -1.92. The van der Waals surface area contributed by atoms with Gasteiger partial charge >= 0.3 is 0 Å². The SMILES string of the molecule is Nc1ncc2c(Br)cccn12. The van der Waals surface area contributed by atoms with E-state index in [9.17, 15) is 0 Å². The number of hydrogen-bond acceptors (Lipinski definition) is 2. The van der Waals surface area contributed by atoms with Crippen molar-refractivity contribution in [2.75, 3.05) is 5.73 Å². The second kappa shape index (κ2) is 2.23. The van der Waals surface area contributed by atoms with Crippen LogP contribution in [0.4, 0.5) is 5.95 Å². The zero-order chi connectivity index (χ0) is 7.84. The molecule has 0 radical (unpaired) electrons. The van der Waals surface area contributed by atoms with Gasteiger partial charge in [0.1, 0.15) is 0 Å². The van der Waals surface area contributed by atoms with Crippen LogP contribution in [0, 0.1) is 0 Å². The minimum atomic E-state index is 0.515. The van der Waals surface area contributed by atoms with E-state index in [4.69, 9.17) is 5.73 Å². The molecule has 2 aromatic rings. The number of nitrogens with zero attached hydrogens (tertiary/aromatic N) is 2. The number of nitrogens with two attached hydrogens (primary N) is 1. The van der Waals surface area contributed by atoms with Gasteiger partial charge in [0.15, 0.2) is 0 Å². The van der Waals surface area contributed by atoms with Gasteiger partial charge in [-0.15, -0.1) is 0 Å². The third-order valence-corrected chi connectivity index (χ3v) is 2.22. The lowest BCUT2D eigenvalue weighted by Gasteiger charge is -1.95. The van der Waals surface area contributed by atoms with Crippen molar-refractivity contribution in [1.82, 2.24) is 9.38 Å². The van der Waals surface area contributed by atoms with Crippen molar-refractivity contribution < 1.29 is 0 Å². The van der Waals surface area contributed by atoms with Gasteiger partial charge in [-0.05, 0) is 28.1 Å². The third-order valence-electron chi connectivity index (χ3n) is 1.55. The van der Waals surface area contributed by atoms with Crippen molar-refractivity contribution >= 4 is 27.4 Å². The van der Waals surface area contributed by atoms with E-state index in [1.165, 1.54) is 0 Å². The molecule has 2 N–H and O–H groups in total. The maximum absolute atomic E-state index is 5.58. The van der Waals surface area contributed by atoms with Gasteiger partial charge in [0.25, 0.3) is 0 Å². The van der Waals surface area contributed by atoms with E-state index in [1.807, 2.05) is 22.7 Å². The van der Waals surface area contributed by atoms with E-state index in [-0.39, 0.29) is 0 Å². The first-order chi connectivity index (χ1) is 5.29. The largest absolute Gasteiger partial charge is 0.369 e. The third kappa shape index (κ3) is 0.903. The second-order valence-electron chi connectivity index (χ2n) is 2.23. The van der Waals surface area contributed by atoms with Gasteiger partial charge in [0.2, 0.25) is 5.95 Å². The molecule has 2 heterocycles. The Morgan fingerprint density at radius 3 is 3.09 bits per heavy atom. The molecule has 0 amide bonds. The zero-order valence-corrected chi connectivity index (χ0v) is 7.25. The summed E-state index contributed by atoms with van der Waals surface area (Å²) in [5, 5.41) is 0. The molecule has 0 unspecified atom stereocenters. The van der Waals surface area contributed by atoms with E-state index < -0.39 is 0 Å². The molecule has 0 aromatic carbocycles. The van der Waals surface area contributed by atoms with E-state index >= 15 is 0 Å². The fourth-order valence-corrected chi connectivity index (χ4v) is 1.45. The standard InChI is InChI=1S/C7H6BrN3/c8-5-2-1-3-11-6(5)4-10-7(11)9/h1-4H,(H2,9,10). The number of halogens is 1. The fraction of sp³-hybridized carbons (Fsp3) is 0. The highest BCUT2D eigenvalue weighted by Crippen LogP contribution is 2.18. The summed E-state index contributed by atoms with van der Waals surface area (Å²) in [5.74, 6) is 0.515. The molecule has 2 aromatic heterocycles. The summed E-state index contributed by atoms with van der Waals surface area (Å²) >= 11 is 3.39.